The van der Waals surface area contributed by atoms with E-state index in [2.05, 4.69) is 43.5 Å². The number of hydrogen-bond donors (Lipinski definition) is 3. The smallest absolute Gasteiger partial charge is 0.0715 e. The highest BCUT2D eigenvalue weighted by molar-refractivity contribution is 4.92. The van der Waals surface area contributed by atoms with Crippen LogP contribution in [0.25, 0.3) is 0 Å². The fraction of sp³-hybridized carbons (Fsp3) is 0.889. The van der Waals surface area contributed by atoms with Crippen LogP contribution in [-0.4, -0.2) is 35.5 Å². The van der Waals surface area contributed by atoms with Gasteiger partial charge in [0.2, 0.25) is 0 Å². The second kappa shape index (κ2) is 33.6. The maximum atomic E-state index is 10.5. The summed E-state index contributed by atoms with van der Waals surface area (Å²) in [7, 11) is 0. The summed E-state index contributed by atoms with van der Waals surface area (Å²) >= 11 is 0. The van der Waals surface area contributed by atoms with Crippen LogP contribution in [0.5, 0.6) is 0 Å². The summed E-state index contributed by atoms with van der Waals surface area (Å²) in [6.45, 7) is 5.46. The van der Waals surface area contributed by atoms with E-state index < -0.39 is 6.10 Å². The zero-order valence-electron chi connectivity index (χ0n) is 26.7. The molecule has 232 valence electrons. The summed E-state index contributed by atoms with van der Waals surface area (Å²) in [6.07, 6.45) is 42.3. The molecule has 0 aliphatic carbocycles. The Kier molecular flexibility index (Phi) is 33.0. The summed E-state index contributed by atoms with van der Waals surface area (Å²) in [4.78, 5) is 0. The molecule has 0 aliphatic rings. The zero-order chi connectivity index (χ0) is 28.5. The molecule has 3 N–H and O–H groups in total. The van der Waals surface area contributed by atoms with Gasteiger partial charge < -0.3 is 15.5 Å². The first kappa shape index (κ1) is 38.4. The lowest BCUT2D eigenvalue weighted by Gasteiger charge is -2.22. The molecule has 0 aromatic carbocycles. The number of hydrogen-bond acceptors (Lipinski definition) is 3. The van der Waals surface area contributed by atoms with E-state index in [1.165, 1.54) is 141 Å². The van der Waals surface area contributed by atoms with Crippen LogP contribution in [0, 0.1) is 0 Å². The van der Waals surface area contributed by atoms with Gasteiger partial charge in [-0.15, -0.1) is 0 Å². The molecule has 0 fully saturated rings. The van der Waals surface area contributed by atoms with E-state index in [4.69, 9.17) is 0 Å². The molecule has 0 bridgehead atoms. The van der Waals surface area contributed by atoms with E-state index in [1.54, 1.807) is 0 Å². The van der Waals surface area contributed by atoms with Gasteiger partial charge in [0.1, 0.15) is 0 Å². The topological polar surface area (TPSA) is 52.5 Å². The van der Waals surface area contributed by atoms with Crippen LogP contribution in [0.2, 0.25) is 0 Å². The van der Waals surface area contributed by atoms with Crippen molar-refractivity contribution in [2.45, 2.75) is 193 Å². The standard InChI is InChI=1S/C36H71NO2/c1-3-5-7-9-11-13-15-17-18-19-21-23-25-27-29-31-33-37-35(34-38)36(39)32-30-28-26-24-22-20-16-14-12-10-8-6-4-2/h11,13,17-18,35-39H,3-10,12,14-16,19-34H2,1-2H3/b13-11-,18-17-. The van der Waals surface area contributed by atoms with Crippen molar-refractivity contribution in [3.8, 4) is 0 Å². The number of allylic oxidation sites excluding steroid dienone is 4. The molecule has 0 heterocycles. The molecule has 3 nitrogen and oxygen atoms in total. The highest BCUT2D eigenvalue weighted by Gasteiger charge is 2.16. The van der Waals surface area contributed by atoms with Crippen molar-refractivity contribution in [3.63, 3.8) is 0 Å². The Labute approximate surface area is 245 Å². The van der Waals surface area contributed by atoms with Crippen LogP contribution in [-0.2, 0) is 0 Å². The van der Waals surface area contributed by atoms with E-state index >= 15 is 0 Å². The first-order valence-electron chi connectivity index (χ1n) is 17.6. The molecular weight excluding hydrogens is 478 g/mol. The van der Waals surface area contributed by atoms with Crippen molar-refractivity contribution < 1.29 is 10.2 Å². The quantitative estimate of drug-likeness (QED) is 0.0577. The molecule has 2 atom stereocenters. The summed E-state index contributed by atoms with van der Waals surface area (Å²) in [5.74, 6) is 0. The SMILES string of the molecule is CCCCC/C=C\C/C=C\CCCCCCCCNC(CO)C(O)CCCCCCCCCCCCCCC. The Morgan fingerprint density at radius 3 is 1.44 bits per heavy atom. The molecule has 0 saturated heterocycles. The van der Waals surface area contributed by atoms with Crippen molar-refractivity contribution in [1.82, 2.24) is 5.32 Å². The lowest BCUT2D eigenvalue weighted by molar-refractivity contribution is 0.0810. The first-order valence-corrected chi connectivity index (χ1v) is 17.6. The maximum absolute atomic E-state index is 10.5. The Morgan fingerprint density at radius 2 is 0.923 bits per heavy atom. The van der Waals surface area contributed by atoms with Crippen LogP contribution in [0.4, 0.5) is 0 Å². The summed E-state index contributed by atoms with van der Waals surface area (Å²) < 4.78 is 0. The molecule has 0 rings (SSSR count). The van der Waals surface area contributed by atoms with Crippen LogP contribution in [0.3, 0.4) is 0 Å². The number of unbranched alkanes of at least 4 members (excludes halogenated alkanes) is 21. The molecule has 3 heteroatoms. The lowest BCUT2D eigenvalue weighted by Crippen LogP contribution is -2.43. The summed E-state index contributed by atoms with van der Waals surface area (Å²) in [5.41, 5.74) is 0. The Morgan fingerprint density at radius 1 is 0.513 bits per heavy atom. The van der Waals surface area contributed by atoms with E-state index in [-0.39, 0.29) is 12.6 Å². The Bertz CT molecular complexity index is 504. The number of rotatable bonds is 32. The third kappa shape index (κ3) is 30.2. The lowest BCUT2D eigenvalue weighted by atomic mass is 10.0. The van der Waals surface area contributed by atoms with Crippen molar-refractivity contribution in [1.29, 1.82) is 0 Å². The van der Waals surface area contributed by atoms with Gasteiger partial charge in [0.15, 0.2) is 0 Å². The van der Waals surface area contributed by atoms with Gasteiger partial charge in [-0.05, 0) is 51.5 Å². The van der Waals surface area contributed by atoms with Gasteiger partial charge in [-0.2, -0.15) is 0 Å². The van der Waals surface area contributed by atoms with Gasteiger partial charge in [0.25, 0.3) is 0 Å². The second-order valence-electron chi connectivity index (χ2n) is 11.9. The third-order valence-corrected chi connectivity index (χ3v) is 8.05. The molecule has 0 radical (unpaired) electrons. The van der Waals surface area contributed by atoms with Gasteiger partial charge >= 0.3 is 0 Å². The van der Waals surface area contributed by atoms with Crippen LogP contribution < -0.4 is 5.32 Å². The van der Waals surface area contributed by atoms with E-state index in [0.29, 0.717) is 0 Å². The monoisotopic (exact) mass is 550 g/mol. The predicted molar refractivity (Wildman–Crippen MR) is 175 cm³/mol. The molecule has 0 saturated carbocycles. The van der Waals surface area contributed by atoms with Crippen molar-refractivity contribution in [2.24, 2.45) is 0 Å². The number of nitrogens with one attached hydrogen (secondary N) is 1. The highest BCUT2D eigenvalue weighted by Crippen LogP contribution is 2.14. The molecule has 0 aromatic rings. The van der Waals surface area contributed by atoms with Crippen molar-refractivity contribution in [3.05, 3.63) is 24.3 Å². The normalized spacial score (nSPS) is 13.6. The van der Waals surface area contributed by atoms with Gasteiger partial charge in [-0.25, -0.2) is 0 Å². The Balaban J connectivity index is 3.46. The second-order valence-corrected chi connectivity index (χ2v) is 11.9. The molecular formula is C36H71NO2. The average Bonchev–Trinajstić information content (AvgIpc) is 2.95. The molecule has 0 aliphatic heterocycles. The van der Waals surface area contributed by atoms with Gasteiger partial charge in [0, 0.05) is 0 Å². The van der Waals surface area contributed by atoms with Gasteiger partial charge in [-0.1, -0.05) is 160 Å². The molecule has 0 spiro atoms. The van der Waals surface area contributed by atoms with Gasteiger partial charge in [0.05, 0.1) is 18.8 Å². The zero-order valence-corrected chi connectivity index (χ0v) is 26.7. The summed E-state index contributed by atoms with van der Waals surface area (Å²) in [6, 6.07) is -0.166. The largest absolute Gasteiger partial charge is 0.395 e. The average molecular weight is 550 g/mol. The summed E-state index contributed by atoms with van der Waals surface area (Å²) in [5, 5.41) is 23.6. The van der Waals surface area contributed by atoms with Crippen LogP contribution in [0.15, 0.2) is 24.3 Å². The molecule has 39 heavy (non-hydrogen) atoms. The Hall–Kier alpha value is -0.640. The predicted octanol–water partition coefficient (Wildman–Crippen LogP) is 10.6. The first-order chi connectivity index (χ1) is 19.3. The molecule has 0 aromatic heterocycles. The fourth-order valence-corrected chi connectivity index (χ4v) is 5.30. The van der Waals surface area contributed by atoms with Crippen molar-refractivity contribution >= 4 is 0 Å². The molecule has 0 amide bonds. The van der Waals surface area contributed by atoms with E-state index in [1.807, 2.05) is 0 Å². The van der Waals surface area contributed by atoms with Crippen molar-refractivity contribution in [2.75, 3.05) is 13.2 Å². The minimum atomic E-state index is -0.424. The fourth-order valence-electron chi connectivity index (χ4n) is 5.30. The van der Waals surface area contributed by atoms with E-state index in [0.717, 1.165) is 32.2 Å². The highest BCUT2D eigenvalue weighted by atomic mass is 16.3. The van der Waals surface area contributed by atoms with Gasteiger partial charge in [-0.3, -0.25) is 0 Å². The minimum Gasteiger partial charge on any atom is -0.395 e. The maximum Gasteiger partial charge on any atom is 0.0715 e. The molecule has 2 unspecified atom stereocenters. The van der Waals surface area contributed by atoms with E-state index in [9.17, 15) is 10.2 Å². The van der Waals surface area contributed by atoms with Crippen LogP contribution in [0.1, 0.15) is 181 Å². The van der Waals surface area contributed by atoms with Crippen LogP contribution >= 0.6 is 0 Å². The third-order valence-electron chi connectivity index (χ3n) is 8.05. The minimum absolute atomic E-state index is 0.0295. The number of aliphatic hydroxyl groups is 2. The number of aliphatic hydroxyl groups excluding tert-OH is 2.